The lowest BCUT2D eigenvalue weighted by Gasteiger charge is -2.17. The average Bonchev–Trinajstić information content (AvgIpc) is 2.52. The van der Waals surface area contributed by atoms with E-state index in [4.69, 9.17) is 0 Å². The summed E-state index contributed by atoms with van der Waals surface area (Å²) in [6, 6.07) is 0. The Morgan fingerprint density at radius 1 is 1.50 bits per heavy atom. The molecular formula is C7H12N2OS2. The molecule has 0 radical (unpaired) electrons. The largest absolute Gasteiger partial charge is 0.244 e. The van der Waals surface area contributed by atoms with Gasteiger partial charge in [-0.3, -0.25) is 0 Å². The first-order valence-corrected chi connectivity index (χ1v) is 5.63. The fourth-order valence-electron chi connectivity index (χ4n) is 0.939. The van der Waals surface area contributed by atoms with Crippen molar-refractivity contribution in [2.45, 2.75) is 31.9 Å². The van der Waals surface area contributed by atoms with Crippen molar-refractivity contribution in [3.8, 4) is 0 Å². The summed E-state index contributed by atoms with van der Waals surface area (Å²) >= 11 is 4.18. The Balaban J connectivity index is 3.00. The molecule has 0 spiro atoms. The van der Waals surface area contributed by atoms with Gasteiger partial charge in [-0.05, 0) is 20.3 Å². The SMILES string of the molecule is CCc1nonc1C(C)(C)SS. The molecule has 0 aliphatic rings. The van der Waals surface area contributed by atoms with E-state index in [1.807, 2.05) is 20.8 Å². The molecule has 0 saturated heterocycles. The van der Waals surface area contributed by atoms with Gasteiger partial charge in [0.1, 0.15) is 11.4 Å². The number of nitrogens with zero attached hydrogens (tertiary/aromatic N) is 2. The Morgan fingerprint density at radius 3 is 2.67 bits per heavy atom. The van der Waals surface area contributed by atoms with E-state index in [1.54, 1.807) is 0 Å². The van der Waals surface area contributed by atoms with Gasteiger partial charge in [-0.2, -0.15) is 0 Å². The van der Waals surface area contributed by atoms with Crippen molar-refractivity contribution >= 4 is 22.5 Å². The highest BCUT2D eigenvalue weighted by molar-refractivity contribution is 8.68. The average molecular weight is 204 g/mol. The molecule has 0 saturated carbocycles. The molecule has 3 nitrogen and oxygen atoms in total. The molecule has 0 fully saturated rings. The van der Waals surface area contributed by atoms with Crippen LogP contribution in [-0.4, -0.2) is 10.3 Å². The van der Waals surface area contributed by atoms with Crippen molar-refractivity contribution in [3.63, 3.8) is 0 Å². The third-order valence-corrected chi connectivity index (χ3v) is 3.71. The Morgan fingerprint density at radius 2 is 2.17 bits per heavy atom. The highest BCUT2D eigenvalue weighted by Crippen LogP contribution is 2.37. The summed E-state index contributed by atoms with van der Waals surface area (Å²) in [5, 5.41) is 7.69. The lowest BCUT2D eigenvalue weighted by atomic mass is 10.1. The molecule has 1 heterocycles. The van der Waals surface area contributed by atoms with Crippen LogP contribution in [0.15, 0.2) is 4.63 Å². The third-order valence-electron chi connectivity index (χ3n) is 1.69. The van der Waals surface area contributed by atoms with Gasteiger partial charge in [0.15, 0.2) is 0 Å². The smallest absolute Gasteiger partial charge is 0.124 e. The molecule has 12 heavy (non-hydrogen) atoms. The standard InChI is InChI=1S/C7H12N2OS2/c1-4-5-6(9-10-8-5)7(2,3)12-11/h11H,4H2,1-3H3. The quantitative estimate of drug-likeness (QED) is 0.606. The highest BCUT2D eigenvalue weighted by atomic mass is 33.1. The maximum absolute atomic E-state index is 4.68. The maximum atomic E-state index is 4.68. The van der Waals surface area contributed by atoms with Gasteiger partial charge in [0.05, 0.1) is 4.75 Å². The van der Waals surface area contributed by atoms with Crippen molar-refractivity contribution in [1.29, 1.82) is 0 Å². The van der Waals surface area contributed by atoms with E-state index in [2.05, 4.69) is 26.6 Å². The van der Waals surface area contributed by atoms with Crippen LogP contribution in [0.4, 0.5) is 0 Å². The van der Waals surface area contributed by atoms with Gasteiger partial charge in [0.2, 0.25) is 0 Å². The van der Waals surface area contributed by atoms with Crippen LogP contribution in [0.3, 0.4) is 0 Å². The van der Waals surface area contributed by atoms with Gasteiger partial charge in [0, 0.05) is 0 Å². The molecule has 1 aromatic heterocycles. The fraction of sp³-hybridized carbons (Fsp3) is 0.714. The topological polar surface area (TPSA) is 38.9 Å². The van der Waals surface area contributed by atoms with Crippen molar-refractivity contribution in [2.24, 2.45) is 0 Å². The second-order valence-electron chi connectivity index (χ2n) is 3.01. The van der Waals surface area contributed by atoms with Crippen molar-refractivity contribution in [1.82, 2.24) is 10.3 Å². The second-order valence-corrected chi connectivity index (χ2v) is 4.77. The summed E-state index contributed by atoms with van der Waals surface area (Å²) in [4.78, 5) is 0. The summed E-state index contributed by atoms with van der Waals surface area (Å²) in [5.41, 5.74) is 1.81. The summed E-state index contributed by atoms with van der Waals surface area (Å²) < 4.78 is 4.55. The summed E-state index contributed by atoms with van der Waals surface area (Å²) in [6.45, 7) is 6.12. The number of hydrogen-bond acceptors (Lipinski definition) is 5. The van der Waals surface area contributed by atoms with Crippen molar-refractivity contribution < 1.29 is 4.63 Å². The van der Waals surface area contributed by atoms with Crippen LogP contribution in [0.1, 0.15) is 32.2 Å². The first-order valence-electron chi connectivity index (χ1n) is 3.76. The minimum Gasteiger partial charge on any atom is -0.244 e. The number of rotatable bonds is 3. The molecule has 1 aromatic rings. The van der Waals surface area contributed by atoms with E-state index < -0.39 is 0 Å². The summed E-state index contributed by atoms with van der Waals surface area (Å²) in [6.07, 6.45) is 0.844. The van der Waals surface area contributed by atoms with Crippen LogP contribution in [0, 0.1) is 0 Å². The van der Waals surface area contributed by atoms with E-state index in [0.29, 0.717) is 0 Å². The van der Waals surface area contributed by atoms with Gasteiger partial charge in [0.25, 0.3) is 0 Å². The van der Waals surface area contributed by atoms with Crippen LogP contribution in [0.2, 0.25) is 0 Å². The number of hydrogen-bond donors (Lipinski definition) is 1. The number of aryl methyl sites for hydroxylation is 1. The lowest BCUT2D eigenvalue weighted by molar-refractivity contribution is 0.298. The first-order chi connectivity index (χ1) is 5.61. The molecule has 0 aromatic carbocycles. The Labute approximate surface area is 81.1 Å². The first kappa shape index (κ1) is 9.92. The predicted molar refractivity (Wildman–Crippen MR) is 53.3 cm³/mol. The minimum absolute atomic E-state index is 0.131. The molecule has 0 amide bonds. The van der Waals surface area contributed by atoms with Gasteiger partial charge < -0.3 is 0 Å². The van der Waals surface area contributed by atoms with E-state index in [1.165, 1.54) is 10.8 Å². The Kier molecular flexibility index (Phi) is 3.06. The molecule has 68 valence electrons. The molecule has 0 aliphatic heterocycles. The Hall–Kier alpha value is -0.160. The van der Waals surface area contributed by atoms with Gasteiger partial charge in [-0.25, -0.2) is 4.63 Å². The number of thiol groups is 1. The van der Waals surface area contributed by atoms with Crippen LogP contribution >= 0.6 is 22.5 Å². The molecule has 0 N–H and O–H groups in total. The van der Waals surface area contributed by atoms with Crippen molar-refractivity contribution in [3.05, 3.63) is 11.4 Å². The summed E-state index contributed by atoms with van der Waals surface area (Å²) in [5.74, 6) is 0. The molecule has 1 rings (SSSR count). The lowest BCUT2D eigenvalue weighted by Crippen LogP contribution is -2.13. The second kappa shape index (κ2) is 3.70. The van der Waals surface area contributed by atoms with Crippen LogP contribution in [0.25, 0.3) is 0 Å². The van der Waals surface area contributed by atoms with Gasteiger partial charge in [-0.15, -0.1) is 11.7 Å². The molecule has 0 aliphatic carbocycles. The summed E-state index contributed by atoms with van der Waals surface area (Å²) in [7, 11) is 1.45. The molecule has 0 atom stereocenters. The molecule has 5 heteroatoms. The predicted octanol–water partition coefficient (Wildman–Crippen LogP) is 2.45. The highest BCUT2D eigenvalue weighted by Gasteiger charge is 2.27. The molecule has 0 bridgehead atoms. The molecular weight excluding hydrogens is 192 g/mol. The van der Waals surface area contributed by atoms with Crippen LogP contribution in [-0.2, 0) is 11.2 Å². The fourth-order valence-corrected chi connectivity index (χ4v) is 1.44. The number of aromatic nitrogens is 2. The normalized spacial score (nSPS) is 12.0. The maximum Gasteiger partial charge on any atom is 0.124 e. The third kappa shape index (κ3) is 1.77. The van der Waals surface area contributed by atoms with E-state index in [0.717, 1.165) is 17.8 Å². The zero-order valence-electron chi connectivity index (χ0n) is 7.37. The van der Waals surface area contributed by atoms with Crippen LogP contribution in [0.5, 0.6) is 0 Å². The van der Waals surface area contributed by atoms with Crippen molar-refractivity contribution in [2.75, 3.05) is 0 Å². The van der Waals surface area contributed by atoms with Crippen LogP contribution < -0.4 is 0 Å². The van der Waals surface area contributed by atoms with E-state index >= 15 is 0 Å². The Bertz CT molecular complexity index is 260. The monoisotopic (exact) mass is 204 g/mol. The zero-order valence-corrected chi connectivity index (χ0v) is 9.08. The van der Waals surface area contributed by atoms with Gasteiger partial charge in [-0.1, -0.05) is 28.0 Å². The minimum atomic E-state index is -0.131. The van der Waals surface area contributed by atoms with E-state index in [9.17, 15) is 0 Å². The van der Waals surface area contributed by atoms with E-state index in [-0.39, 0.29) is 4.75 Å². The zero-order chi connectivity index (χ0) is 9.19. The van der Waals surface area contributed by atoms with Gasteiger partial charge >= 0.3 is 0 Å². The molecule has 0 unspecified atom stereocenters.